The molecule has 16 nitrogen and oxygen atoms in total. The van der Waals surface area contributed by atoms with Crippen molar-refractivity contribution in [2.75, 3.05) is 0 Å². The smallest absolute Gasteiger partial charge is 0.115 e. The third-order valence-electron chi connectivity index (χ3n) is 29.4. The molecule has 20 rings (SSSR count). The van der Waals surface area contributed by atoms with Gasteiger partial charge in [0.25, 0.3) is 0 Å². The van der Waals surface area contributed by atoms with Crippen LogP contribution in [0, 0.1) is 22.7 Å². The van der Waals surface area contributed by atoms with E-state index in [1.165, 1.54) is 28.7 Å². The minimum absolute atomic E-state index is 0.0908. The molecule has 10 aliphatic rings. The molecule has 5 fully saturated rings. The van der Waals surface area contributed by atoms with Gasteiger partial charge in [-0.05, 0) is 247 Å². The first-order valence-electron chi connectivity index (χ1n) is 43.9. The van der Waals surface area contributed by atoms with Crippen LogP contribution in [0.5, 0.6) is 0 Å². The minimum atomic E-state index is -1.10. The molecular formula is C96H120ClF5N14O2. The Bertz CT molecular complexity index is 4820. The number of hydrogen-bond donors (Lipinski definition) is 2. The summed E-state index contributed by atoms with van der Waals surface area (Å²) < 4.78 is 86.8. The Balaban J connectivity index is 0.000000110. The van der Waals surface area contributed by atoms with Gasteiger partial charge in [0.1, 0.15) is 41.0 Å². The number of aromatic nitrogens is 14. The molecule has 7 aromatic heterocycles. The normalized spacial score (nSPS) is 25.7. The van der Waals surface area contributed by atoms with Crippen molar-refractivity contribution in [3.05, 3.63) is 188 Å². The van der Waals surface area contributed by atoms with Gasteiger partial charge in [-0.25, -0.2) is 66.8 Å². The molecule has 2 N–H and O–H groups in total. The van der Waals surface area contributed by atoms with Crippen LogP contribution in [0.3, 0.4) is 0 Å². The highest BCUT2D eigenvalue weighted by molar-refractivity contribution is 6.32. The number of halogens is 6. The average molecular weight is 1630 g/mol. The zero-order valence-electron chi connectivity index (χ0n) is 70.3. The number of imidazole rings is 5. The van der Waals surface area contributed by atoms with Crippen LogP contribution in [0.1, 0.15) is 313 Å². The van der Waals surface area contributed by atoms with Crippen LogP contribution in [0.2, 0.25) is 5.02 Å². The van der Waals surface area contributed by atoms with Gasteiger partial charge in [-0.15, -0.1) is 0 Å². The molecular weight excluding hydrogens is 1510 g/mol. The lowest BCUT2D eigenvalue weighted by atomic mass is 9.70. The summed E-state index contributed by atoms with van der Waals surface area (Å²) in [5, 5.41) is 21.1. The van der Waals surface area contributed by atoms with E-state index in [1.54, 1.807) is 12.7 Å². The van der Waals surface area contributed by atoms with Crippen LogP contribution < -0.4 is 0 Å². The predicted octanol–water partition coefficient (Wildman–Crippen LogP) is 24.0. The van der Waals surface area contributed by atoms with Crippen molar-refractivity contribution in [1.82, 2.24) is 67.7 Å². The summed E-state index contributed by atoms with van der Waals surface area (Å²) in [5.74, 6) is 0.424. The zero-order chi connectivity index (χ0) is 82.6. The van der Waals surface area contributed by atoms with Crippen molar-refractivity contribution >= 4 is 11.6 Å². The van der Waals surface area contributed by atoms with Crippen molar-refractivity contribution in [3.8, 4) is 56.3 Å². The maximum Gasteiger partial charge on any atom is 0.115 e. The molecule has 0 spiro atoms. The van der Waals surface area contributed by atoms with Crippen molar-refractivity contribution < 1.29 is 32.2 Å². The summed E-state index contributed by atoms with van der Waals surface area (Å²) in [5.41, 5.74) is 10.8. The molecule has 12 heterocycles. The quantitative estimate of drug-likeness (QED) is 0.0828. The summed E-state index contributed by atoms with van der Waals surface area (Å²) in [6.45, 7) is 16.4. The predicted molar refractivity (Wildman–Crippen MR) is 455 cm³/mol. The molecule has 628 valence electrons. The Kier molecular flexibility index (Phi) is 23.5. The Hall–Kier alpha value is -8.27. The summed E-state index contributed by atoms with van der Waals surface area (Å²) >= 11 is 6.44. The van der Waals surface area contributed by atoms with Crippen LogP contribution in [0.15, 0.2) is 154 Å². The molecule has 5 saturated carbocycles. The Morgan fingerprint density at radius 1 is 0.356 bits per heavy atom. The molecule has 5 aliphatic heterocycles. The second-order valence-corrected chi connectivity index (χ2v) is 39.6. The molecule has 0 bridgehead atoms. The standard InChI is InChI=1S/2C21H27FN2O.C18H20ClFN2.2C18H23FN4/c2*1-20(2,25)15-7-10-21(22,11-8-15)12-9-18-16-5-3-4-6-17(16)19-13-23-14-24(18)19;19-14-6-4-5-13-16-11-21-12-22(16)15(17(13)14)7-10-18(20)8-2-1-3-9-18;2*1-17(2)5-7-18(19,8-6-17)4-3-14-16-13(9-20-11-22-16)15-10-21-12-23(14)15/h2*3-6,13-15,18,25H,7-12H2,1-2H3;4-6,11-12,15H,1-3,7-10H2;2*9-12,14H,3-8H2,1-2H3. The third-order valence-corrected chi connectivity index (χ3v) is 29.7. The maximum atomic E-state index is 15.4. The molecule has 0 saturated heterocycles. The molecule has 0 radical (unpaired) electrons. The van der Waals surface area contributed by atoms with E-state index in [4.69, 9.17) is 11.6 Å². The van der Waals surface area contributed by atoms with Gasteiger partial charge < -0.3 is 33.0 Å². The number of benzene rings is 3. The maximum absolute atomic E-state index is 15.4. The monoisotopic (exact) mass is 1630 g/mol. The number of rotatable bonds is 17. The van der Waals surface area contributed by atoms with E-state index in [1.807, 2.05) is 127 Å². The van der Waals surface area contributed by atoms with E-state index in [2.05, 4.69) is 138 Å². The van der Waals surface area contributed by atoms with Crippen LogP contribution in [-0.4, -0.2) is 117 Å². The van der Waals surface area contributed by atoms with Gasteiger partial charge in [0, 0.05) is 50.8 Å². The lowest BCUT2D eigenvalue weighted by molar-refractivity contribution is -0.0319. The lowest BCUT2D eigenvalue weighted by Gasteiger charge is -2.39. The van der Waals surface area contributed by atoms with Gasteiger partial charge >= 0.3 is 0 Å². The molecule has 10 aromatic rings. The Morgan fingerprint density at radius 2 is 0.669 bits per heavy atom. The molecule has 5 atom stereocenters. The third kappa shape index (κ3) is 17.6. The minimum Gasteiger partial charge on any atom is -0.390 e. The van der Waals surface area contributed by atoms with Crippen molar-refractivity contribution in [2.24, 2.45) is 22.7 Å². The van der Waals surface area contributed by atoms with E-state index in [0.717, 1.165) is 163 Å². The van der Waals surface area contributed by atoms with Gasteiger partial charge in [0.2, 0.25) is 0 Å². The number of aliphatic hydroxyl groups is 2. The fraction of sp³-hybridized carbons (Fsp3) is 0.573. The molecule has 0 amide bonds. The fourth-order valence-electron chi connectivity index (χ4n) is 21.5. The molecule has 3 aromatic carbocycles. The highest BCUT2D eigenvalue weighted by Crippen LogP contribution is 2.54. The van der Waals surface area contributed by atoms with E-state index in [9.17, 15) is 14.6 Å². The molecule has 118 heavy (non-hydrogen) atoms. The van der Waals surface area contributed by atoms with Gasteiger partial charge in [-0.3, -0.25) is 0 Å². The van der Waals surface area contributed by atoms with Gasteiger partial charge in [0.05, 0.1) is 144 Å². The first kappa shape index (κ1) is 83.4. The number of alkyl halides is 5. The average Bonchev–Trinajstić information content (AvgIpc) is 1.62. The molecule has 22 heteroatoms. The number of hydrogen-bond acceptors (Lipinski definition) is 11. The van der Waals surface area contributed by atoms with Crippen molar-refractivity contribution in [1.29, 1.82) is 0 Å². The fourth-order valence-corrected chi connectivity index (χ4v) is 21.8. The van der Waals surface area contributed by atoms with Gasteiger partial charge in [0.15, 0.2) is 0 Å². The van der Waals surface area contributed by atoms with Crippen LogP contribution in [0.25, 0.3) is 56.3 Å². The molecule has 5 aliphatic carbocycles. The number of nitrogens with zero attached hydrogens (tertiary/aromatic N) is 14. The summed E-state index contributed by atoms with van der Waals surface area (Å²) in [6, 6.07) is 23.4. The van der Waals surface area contributed by atoms with Crippen molar-refractivity contribution in [3.63, 3.8) is 0 Å². The summed E-state index contributed by atoms with van der Waals surface area (Å²) in [6.07, 6.45) is 48.9. The second-order valence-electron chi connectivity index (χ2n) is 39.2. The zero-order valence-corrected chi connectivity index (χ0v) is 71.1. The van der Waals surface area contributed by atoms with Crippen LogP contribution in [0.4, 0.5) is 22.0 Å². The van der Waals surface area contributed by atoms with E-state index in [0.29, 0.717) is 107 Å². The second kappa shape index (κ2) is 33.3. The van der Waals surface area contributed by atoms with Crippen molar-refractivity contribution in [2.45, 2.75) is 324 Å². The van der Waals surface area contributed by atoms with Gasteiger partial charge in [-0.1, -0.05) is 119 Å². The first-order chi connectivity index (χ1) is 56.4. The summed E-state index contributed by atoms with van der Waals surface area (Å²) in [4.78, 5) is 38.5. The van der Waals surface area contributed by atoms with E-state index in [-0.39, 0.29) is 42.0 Å². The van der Waals surface area contributed by atoms with Crippen LogP contribution >= 0.6 is 11.6 Å². The lowest BCUT2D eigenvalue weighted by Crippen LogP contribution is -2.39. The SMILES string of the molecule is CC(C)(O)C1CCC(F)(CCC2c3ccccc3-c3cncn32)CC1.CC(C)(O)C1CCC(F)(CCC2c3ccccc3-c3cncn32)CC1.CC1(C)CCC(F)(CCC2c3ncncc3-c3cncn32)CC1.CC1(C)CCC(F)(CCC2c3ncncc3-c3cncn32)CC1.FC1(CCC2c3c(Cl)cccc3-c3cncn32)CCCCC1. The Labute approximate surface area is 698 Å². The summed E-state index contributed by atoms with van der Waals surface area (Å²) in [7, 11) is 0. The Morgan fingerprint density at radius 3 is 1.06 bits per heavy atom. The first-order valence-corrected chi connectivity index (χ1v) is 44.3. The van der Waals surface area contributed by atoms with Crippen LogP contribution in [-0.2, 0) is 0 Å². The van der Waals surface area contributed by atoms with E-state index >= 15 is 17.6 Å². The topological polar surface area (TPSA) is 181 Å². The highest BCUT2D eigenvalue weighted by Gasteiger charge is 2.47. The van der Waals surface area contributed by atoms with Gasteiger partial charge in [-0.2, -0.15) is 0 Å². The molecule has 5 unspecified atom stereocenters. The largest absolute Gasteiger partial charge is 0.390 e. The number of fused-ring (bicyclic) bond motifs is 15. The van der Waals surface area contributed by atoms with E-state index < -0.39 is 39.5 Å². The highest BCUT2D eigenvalue weighted by atomic mass is 35.5.